The standard InChI is InChI=1S/C38H56N6O7/c1-20(2)40-36(50)51-19-27(37(3,4)5)42-35(49)43-29(24-16-22-13-8-9-14-23(22)17-24)34(48)44-18-25-28(38(25,6)7)30(44)33(47)41-26(31(45)32(39)46)15-21-11-10-12-21/h8-9,13-14,20-21,24-30H,10-12,15-19H2,1-7H3,(H2,39,46)(H,40,50)(H,41,47)(H2,42,43,49)/t25-,26?,27?,28-,29?,30?/m0/s1. The highest BCUT2D eigenvalue weighted by atomic mass is 16.5. The molecule has 1 aromatic rings. The first-order valence-corrected chi connectivity index (χ1v) is 18.4. The Morgan fingerprint density at radius 3 is 2.12 bits per heavy atom. The molecule has 6 amide bonds. The van der Waals surface area contributed by atoms with Crippen LogP contribution >= 0.6 is 0 Å². The molecule has 6 atom stereocenters. The van der Waals surface area contributed by atoms with Crippen LogP contribution in [0.1, 0.15) is 85.3 Å². The first-order valence-electron chi connectivity index (χ1n) is 18.4. The van der Waals surface area contributed by atoms with E-state index in [4.69, 9.17) is 10.5 Å². The lowest BCUT2D eigenvalue weighted by atomic mass is 9.80. The predicted octanol–water partition coefficient (Wildman–Crippen LogP) is 2.83. The van der Waals surface area contributed by atoms with Crippen LogP contribution in [-0.4, -0.2) is 83.9 Å². The molecule has 1 heterocycles. The third kappa shape index (κ3) is 8.49. The molecule has 4 aliphatic rings. The number of Topliss-reactive ketones (excluding diaryl/α,β-unsaturated/α-hetero) is 1. The fourth-order valence-corrected chi connectivity index (χ4v) is 8.21. The van der Waals surface area contributed by atoms with Crippen molar-refractivity contribution in [2.45, 2.75) is 117 Å². The third-order valence-electron chi connectivity index (χ3n) is 11.7. The number of ether oxygens (including phenoxy) is 1. The molecular weight excluding hydrogens is 652 g/mol. The number of amides is 6. The van der Waals surface area contributed by atoms with Gasteiger partial charge in [-0.1, -0.05) is 78.1 Å². The molecule has 1 saturated heterocycles. The number of carbonyl (C=O) groups excluding carboxylic acids is 6. The van der Waals surface area contributed by atoms with Crippen LogP contribution in [0.4, 0.5) is 9.59 Å². The Balaban J connectivity index is 1.37. The smallest absolute Gasteiger partial charge is 0.407 e. The normalized spacial score (nSPS) is 23.9. The van der Waals surface area contributed by atoms with Gasteiger partial charge in [-0.15, -0.1) is 0 Å². The van der Waals surface area contributed by atoms with Crippen molar-refractivity contribution < 1.29 is 33.5 Å². The molecule has 0 aromatic heterocycles. The number of primary amides is 1. The predicted molar refractivity (Wildman–Crippen MR) is 190 cm³/mol. The lowest BCUT2D eigenvalue weighted by Crippen LogP contribution is -2.61. The molecule has 1 aromatic carbocycles. The number of piperidine rings is 1. The number of ketones is 1. The van der Waals surface area contributed by atoms with Crippen LogP contribution in [0, 0.1) is 34.5 Å². The number of hydrogen-bond acceptors (Lipinski definition) is 7. The summed E-state index contributed by atoms with van der Waals surface area (Å²) in [6, 6.07) is 3.75. The Hall–Kier alpha value is -4.16. The summed E-state index contributed by atoms with van der Waals surface area (Å²) in [6.07, 6.45) is 3.72. The van der Waals surface area contributed by atoms with E-state index in [1.54, 1.807) is 4.90 Å². The lowest BCUT2D eigenvalue weighted by Gasteiger charge is -2.36. The summed E-state index contributed by atoms with van der Waals surface area (Å²) < 4.78 is 5.43. The number of carbonyl (C=O) groups is 6. The highest BCUT2D eigenvalue weighted by Crippen LogP contribution is 2.65. The molecule has 13 heteroatoms. The van der Waals surface area contributed by atoms with Crippen molar-refractivity contribution in [3.63, 3.8) is 0 Å². The van der Waals surface area contributed by atoms with Crippen molar-refractivity contribution in [1.29, 1.82) is 0 Å². The van der Waals surface area contributed by atoms with E-state index in [0.717, 1.165) is 30.4 Å². The van der Waals surface area contributed by atoms with Crippen LogP contribution in [0.5, 0.6) is 0 Å². The fourth-order valence-electron chi connectivity index (χ4n) is 8.21. The summed E-state index contributed by atoms with van der Waals surface area (Å²) in [5.74, 6) is -2.94. The van der Waals surface area contributed by atoms with Gasteiger partial charge >= 0.3 is 12.1 Å². The van der Waals surface area contributed by atoms with Gasteiger partial charge in [0.15, 0.2) is 0 Å². The Morgan fingerprint density at radius 1 is 0.961 bits per heavy atom. The zero-order valence-electron chi connectivity index (χ0n) is 31.0. The van der Waals surface area contributed by atoms with E-state index in [1.807, 2.05) is 58.9 Å². The highest BCUT2D eigenvalue weighted by molar-refractivity contribution is 6.37. The van der Waals surface area contributed by atoms with Crippen molar-refractivity contribution in [2.75, 3.05) is 13.2 Å². The molecule has 51 heavy (non-hydrogen) atoms. The second-order valence-electron chi connectivity index (χ2n) is 17.1. The van der Waals surface area contributed by atoms with Gasteiger partial charge < -0.3 is 36.6 Å². The van der Waals surface area contributed by atoms with Crippen molar-refractivity contribution in [3.05, 3.63) is 35.4 Å². The van der Waals surface area contributed by atoms with Gasteiger partial charge in [0.1, 0.15) is 18.7 Å². The number of urea groups is 1. The zero-order chi connectivity index (χ0) is 37.4. The van der Waals surface area contributed by atoms with Gasteiger partial charge in [-0.05, 0) is 78.7 Å². The van der Waals surface area contributed by atoms with E-state index in [0.29, 0.717) is 25.8 Å². The molecule has 3 aliphatic carbocycles. The first-order chi connectivity index (χ1) is 23.9. The second-order valence-corrected chi connectivity index (χ2v) is 17.1. The van der Waals surface area contributed by atoms with Crippen LogP contribution < -0.4 is 27.0 Å². The van der Waals surface area contributed by atoms with Crippen LogP contribution in [0.2, 0.25) is 0 Å². The summed E-state index contributed by atoms with van der Waals surface area (Å²) in [6.45, 7) is 13.8. The molecule has 13 nitrogen and oxygen atoms in total. The average molecular weight is 709 g/mol. The Labute approximate surface area is 300 Å². The molecule has 4 unspecified atom stereocenters. The van der Waals surface area contributed by atoms with Gasteiger partial charge in [0.2, 0.25) is 17.6 Å². The zero-order valence-corrected chi connectivity index (χ0v) is 31.0. The van der Waals surface area contributed by atoms with Gasteiger partial charge in [0.05, 0.1) is 12.1 Å². The maximum absolute atomic E-state index is 14.8. The summed E-state index contributed by atoms with van der Waals surface area (Å²) in [4.78, 5) is 81.3. The number of alkyl carbamates (subject to hydrolysis) is 1. The highest BCUT2D eigenvalue weighted by Gasteiger charge is 2.70. The molecule has 3 fully saturated rings. The van der Waals surface area contributed by atoms with Crippen molar-refractivity contribution in [3.8, 4) is 0 Å². The number of likely N-dealkylation sites (tertiary alicyclic amines) is 1. The quantitative estimate of drug-likeness (QED) is 0.195. The number of hydrogen-bond donors (Lipinski definition) is 5. The molecule has 2 saturated carbocycles. The van der Waals surface area contributed by atoms with Crippen molar-refractivity contribution in [1.82, 2.24) is 26.2 Å². The van der Waals surface area contributed by atoms with Crippen LogP contribution in [-0.2, 0) is 36.8 Å². The number of fused-ring (bicyclic) bond motifs is 2. The summed E-state index contributed by atoms with van der Waals surface area (Å²) in [5.41, 5.74) is 6.88. The van der Waals surface area contributed by atoms with E-state index >= 15 is 0 Å². The topological polar surface area (TPSA) is 189 Å². The fraction of sp³-hybridized carbons (Fsp3) is 0.684. The summed E-state index contributed by atoms with van der Waals surface area (Å²) in [7, 11) is 0. The second kappa shape index (κ2) is 14.8. The average Bonchev–Trinajstić information content (AvgIpc) is 3.38. The molecule has 280 valence electrons. The minimum Gasteiger partial charge on any atom is -0.447 e. The molecule has 6 N–H and O–H groups in total. The lowest BCUT2D eigenvalue weighted by molar-refractivity contribution is -0.144. The number of benzene rings is 1. The van der Waals surface area contributed by atoms with E-state index in [-0.39, 0.29) is 47.6 Å². The van der Waals surface area contributed by atoms with Gasteiger partial charge in [-0.2, -0.15) is 0 Å². The van der Waals surface area contributed by atoms with Gasteiger partial charge in [-0.3, -0.25) is 19.2 Å². The van der Waals surface area contributed by atoms with E-state index < -0.39 is 59.3 Å². The Morgan fingerprint density at radius 2 is 1.59 bits per heavy atom. The molecule has 5 rings (SSSR count). The summed E-state index contributed by atoms with van der Waals surface area (Å²) >= 11 is 0. The van der Waals surface area contributed by atoms with E-state index in [2.05, 4.69) is 35.1 Å². The largest absolute Gasteiger partial charge is 0.447 e. The first kappa shape index (κ1) is 38.1. The van der Waals surface area contributed by atoms with E-state index in [9.17, 15) is 28.8 Å². The molecular formula is C38H56N6O7. The molecule has 1 aliphatic heterocycles. The summed E-state index contributed by atoms with van der Waals surface area (Å²) in [5, 5.41) is 11.4. The van der Waals surface area contributed by atoms with E-state index in [1.165, 1.54) is 0 Å². The van der Waals surface area contributed by atoms with Crippen molar-refractivity contribution >= 4 is 35.6 Å². The number of rotatable bonds is 13. The van der Waals surface area contributed by atoms with Gasteiger partial charge in [0.25, 0.3) is 5.91 Å². The van der Waals surface area contributed by atoms with Crippen LogP contribution in [0.25, 0.3) is 0 Å². The molecule has 0 radical (unpaired) electrons. The number of nitrogens with two attached hydrogens (primary N) is 1. The van der Waals surface area contributed by atoms with Gasteiger partial charge in [-0.25, -0.2) is 9.59 Å². The number of nitrogens with zero attached hydrogens (tertiary/aromatic N) is 1. The maximum atomic E-state index is 14.8. The monoisotopic (exact) mass is 708 g/mol. The van der Waals surface area contributed by atoms with Crippen molar-refractivity contribution in [2.24, 2.45) is 40.2 Å². The maximum Gasteiger partial charge on any atom is 0.407 e. The van der Waals surface area contributed by atoms with Crippen LogP contribution in [0.3, 0.4) is 0 Å². The van der Waals surface area contributed by atoms with Crippen LogP contribution in [0.15, 0.2) is 24.3 Å². The molecule has 0 spiro atoms. The SMILES string of the molecule is CC(C)NC(=O)OCC(NC(=O)NC(C(=O)N1C[C@H]2[C@@H](C1C(=O)NC(CC1CCC1)C(=O)C(N)=O)C2(C)C)C1Cc2ccccc2C1)C(C)(C)C. The third-order valence-corrected chi connectivity index (χ3v) is 11.7. The van der Waals surface area contributed by atoms with Gasteiger partial charge in [0, 0.05) is 12.6 Å². The minimum absolute atomic E-state index is 0.0591. The molecule has 0 bridgehead atoms. The minimum atomic E-state index is -1.10. The Bertz CT molecular complexity index is 1510. The number of nitrogens with one attached hydrogen (secondary N) is 4. The Kier molecular flexibility index (Phi) is 11.1.